The van der Waals surface area contributed by atoms with E-state index in [9.17, 15) is 0 Å². The minimum absolute atomic E-state index is 0.914. The van der Waals surface area contributed by atoms with Crippen LogP contribution in [0.3, 0.4) is 0 Å². The molecule has 0 bridgehead atoms. The van der Waals surface area contributed by atoms with Crippen LogP contribution in [0.15, 0.2) is 247 Å². The fourth-order valence-corrected chi connectivity index (χ4v) is 12.5. The Kier molecular flexibility index (Phi) is 7.95. The molecule has 0 radical (unpaired) electrons. The van der Waals surface area contributed by atoms with Crippen molar-refractivity contribution < 1.29 is 4.42 Å². The summed E-state index contributed by atoms with van der Waals surface area (Å²) in [6.45, 7) is 0. The summed E-state index contributed by atoms with van der Waals surface area (Å²) in [5.41, 5.74) is 9.23. The van der Waals surface area contributed by atoms with Gasteiger partial charge in [-0.2, -0.15) is 0 Å². The number of benzene rings is 15. The van der Waals surface area contributed by atoms with E-state index < -0.39 is 0 Å². The van der Waals surface area contributed by atoms with Gasteiger partial charge in [0.15, 0.2) is 0 Å². The molecule has 1 heteroatoms. The molecule has 0 fully saturated rings. The molecular formula is C70H40O. The molecule has 0 aliphatic heterocycles. The molecule has 1 nitrogen and oxygen atoms in total. The Labute approximate surface area is 408 Å². The van der Waals surface area contributed by atoms with Gasteiger partial charge in [0.2, 0.25) is 0 Å². The van der Waals surface area contributed by atoms with E-state index in [2.05, 4.69) is 243 Å². The SMILES string of the molecule is c1ccc2cc3c(ccc4oc5c(ccc6c7ccccc7c7cc(-c8c9ccccc9c(-c9ccc%10cc(-c%11ccc%12ccc%13ccccc%13c%12c%11)ccc%10c9)c9ccccc89)ccc7c65)c43)cc2c1. The number of rotatable bonds is 3. The standard InChI is InChI=1S/C70H40O/c1-2-13-44-39-63-49(36-43(44)12-1)30-34-65-68(63)61-33-32-59-53-15-5-6-16-54(53)64-40-51(29-31-60(64)69(59)70(61)71-65)67-57-19-9-7-17-55(57)66(56-18-8-10-20-58(56)67)50-28-27-45-35-46(25-26-47(45)37-50)48-24-23-42-22-21-41-11-3-4-14-52(41)62(42)38-48/h1-40H. The molecule has 0 amide bonds. The highest BCUT2D eigenvalue weighted by molar-refractivity contribution is 6.35. The maximum absolute atomic E-state index is 7.01. The molecule has 326 valence electrons. The molecule has 71 heavy (non-hydrogen) atoms. The molecule has 1 heterocycles. The highest BCUT2D eigenvalue weighted by Crippen LogP contribution is 2.48. The topological polar surface area (TPSA) is 13.1 Å². The fraction of sp³-hybridized carbons (Fsp3) is 0. The van der Waals surface area contributed by atoms with Gasteiger partial charge in [-0.3, -0.25) is 0 Å². The first-order valence-electron chi connectivity index (χ1n) is 24.6. The second-order valence-corrected chi connectivity index (χ2v) is 19.5. The number of hydrogen-bond donors (Lipinski definition) is 0. The van der Waals surface area contributed by atoms with E-state index in [4.69, 9.17) is 4.42 Å². The largest absolute Gasteiger partial charge is 0.455 e. The van der Waals surface area contributed by atoms with Crippen LogP contribution >= 0.6 is 0 Å². The van der Waals surface area contributed by atoms with Crippen LogP contribution in [0, 0.1) is 0 Å². The number of furan rings is 1. The molecule has 16 rings (SSSR count). The van der Waals surface area contributed by atoms with Gasteiger partial charge >= 0.3 is 0 Å². The Morgan fingerprint density at radius 1 is 0.197 bits per heavy atom. The van der Waals surface area contributed by atoms with Gasteiger partial charge in [-0.25, -0.2) is 0 Å². The van der Waals surface area contributed by atoms with E-state index in [0.29, 0.717) is 0 Å². The third-order valence-corrected chi connectivity index (χ3v) is 15.7. The summed E-state index contributed by atoms with van der Waals surface area (Å²) in [6, 6.07) is 90.2. The van der Waals surface area contributed by atoms with Gasteiger partial charge in [0.25, 0.3) is 0 Å². The van der Waals surface area contributed by atoms with Gasteiger partial charge in [0.1, 0.15) is 11.2 Å². The van der Waals surface area contributed by atoms with Gasteiger partial charge in [-0.15, -0.1) is 0 Å². The Morgan fingerprint density at radius 3 is 1.32 bits per heavy atom. The molecule has 0 N–H and O–H groups in total. The zero-order valence-corrected chi connectivity index (χ0v) is 38.5. The predicted molar refractivity (Wildman–Crippen MR) is 305 cm³/mol. The number of hydrogen-bond acceptors (Lipinski definition) is 1. The molecule has 0 spiro atoms. The molecular weight excluding hydrogens is 857 g/mol. The lowest BCUT2D eigenvalue weighted by molar-refractivity contribution is 0.673. The average Bonchev–Trinajstić information content (AvgIpc) is 3.83. The molecule has 16 aromatic rings. The second kappa shape index (κ2) is 14.6. The Hall–Kier alpha value is -9.30. The normalized spacial score (nSPS) is 12.2. The molecule has 0 aliphatic rings. The van der Waals surface area contributed by atoms with Crippen molar-refractivity contribution in [3.05, 3.63) is 243 Å². The van der Waals surface area contributed by atoms with E-state index in [1.165, 1.54) is 141 Å². The van der Waals surface area contributed by atoms with Crippen molar-refractivity contribution in [1.82, 2.24) is 0 Å². The van der Waals surface area contributed by atoms with Crippen LogP contribution in [0.25, 0.3) is 163 Å². The maximum atomic E-state index is 7.01. The van der Waals surface area contributed by atoms with E-state index in [0.717, 1.165) is 21.9 Å². The third kappa shape index (κ3) is 5.63. The molecule has 0 atom stereocenters. The second-order valence-electron chi connectivity index (χ2n) is 19.5. The van der Waals surface area contributed by atoms with Crippen LogP contribution in [0.4, 0.5) is 0 Å². The summed E-state index contributed by atoms with van der Waals surface area (Å²) in [5, 5.41) is 27.0. The molecule has 0 saturated heterocycles. The first kappa shape index (κ1) is 38.6. The van der Waals surface area contributed by atoms with E-state index in [1.807, 2.05) is 0 Å². The van der Waals surface area contributed by atoms with Crippen molar-refractivity contribution in [1.29, 1.82) is 0 Å². The molecule has 0 aliphatic carbocycles. The van der Waals surface area contributed by atoms with Crippen LogP contribution in [-0.4, -0.2) is 0 Å². The average molecular weight is 897 g/mol. The minimum Gasteiger partial charge on any atom is -0.455 e. The van der Waals surface area contributed by atoms with Crippen molar-refractivity contribution in [3.63, 3.8) is 0 Å². The Bertz CT molecular complexity index is 4940. The summed E-state index contributed by atoms with van der Waals surface area (Å²) < 4.78 is 7.01. The summed E-state index contributed by atoms with van der Waals surface area (Å²) in [7, 11) is 0. The van der Waals surface area contributed by atoms with Crippen molar-refractivity contribution in [2.45, 2.75) is 0 Å². The fourth-order valence-electron chi connectivity index (χ4n) is 12.5. The first-order chi connectivity index (χ1) is 35.2. The van der Waals surface area contributed by atoms with Gasteiger partial charge in [-0.1, -0.05) is 194 Å². The lowest BCUT2D eigenvalue weighted by Gasteiger charge is -2.19. The van der Waals surface area contributed by atoms with Crippen LogP contribution in [0.1, 0.15) is 0 Å². The highest BCUT2D eigenvalue weighted by atomic mass is 16.3. The van der Waals surface area contributed by atoms with Crippen LogP contribution in [-0.2, 0) is 0 Å². The molecule has 1 aromatic heterocycles. The zero-order chi connectivity index (χ0) is 46.3. The van der Waals surface area contributed by atoms with Gasteiger partial charge in [-0.05, 0) is 184 Å². The highest BCUT2D eigenvalue weighted by Gasteiger charge is 2.21. The van der Waals surface area contributed by atoms with Gasteiger partial charge in [0.05, 0.1) is 0 Å². The summed E-state index contributed by atoms with van der Waals surface area (Å²) in [4.78, 5) is 0. The van der Waals surface area contributed by atoms with Gasteiger partial charge < -0.3 is 4.42 Å². The zero-order valence-electron chi connectivity index (χ0n) is 38.5. The van der Waals surface area contributed by atoms with Crippen molar-refractivity contribution in [2.24, 2.45) is 0 Å². The Balaban J connectivity index is 0.877. The monoisotopic (exact) mass is 896 g/mol. The first-order valence-corrected chi connectivity index (χ1v) is 24.6. The summed E-state index contributed by atoms with van der Waals surface area (Å²) in [5.74, 6) is 0. The van der Waals surface area contributed by atoms with Crippen LogP contribution < -0.4 is 0 Å². The van der Waals surface area contributed by atoms with E-state index in [1.54, 1.807) is 0 Å². The van der Waals surface area contributed by atoms with E-state index >= 15 is 0 Å². The van der Waals surface area contributed by atoms with Crippen molar-refractivity contribution in [3.8, 4) is 33.4 Å². The molecule has 0 saturated carbocycles. The molecule has 15 aromatic carbocycles. The summed E-state index contributed by atoms with van der Waals surface area (Å²) in [6.07, 6.45) is 0. The van der Waals surface area contributed by atoms with Crippen molar-refractivity contribution in [2.75, 3.05) is 0 Å². The van der Waals surface area contributed by atoms with Crippen molar-refractivity contribution >= 4 is 130 Å². The molecule has 0 unspecified atom stereocenters. The summed E-state index contributed by atoms with van der Waals surface area (Å²) >= 11 is 0. The smallest absolute Gasteiger partial charge is 0.143 e. The van der Waals surface area contributed by atoms with Gasteiger partial charge in [0, 0.05) is 16.2 Å². The van der Waals surface area contributed by atoms with Crippen LogP contribution in [0.2, 0.25) is 0 Å². The lowest BCUT2D eigenvalue weighted by Crippen LogP contribution is -1.92. The lowest BCUT2D eigenvalue weighted by atomic mass is 9.84. The predicted octanol–water partition coefficient (Wildman–Crippen LogP) is 20.1. The maximum Gasteiger partial charge on any atom is 0.143 e. The quantitative estimate of drug-likeness (QED) is 0.127. The van der Waals surface area contributed by atoms with E-state index in [-0.39, 0.29) is 0 Å². The third-order valence-electron chi connectivity index (χ3n) is 15.7. The van der Waals surface area contributed by atoms with Crippen LogP contribution in [0.5, 0.6) is 0 Å². The Morgan fingerprint density at radius 2 is 0.620 bits per heavy atom. The number of fused-ring (bicyclic) bond motifs is 19. The minimum atomic E-state index is 0.914.